The van der Waals surface area contributed by atoms with Gasteiger partial charge in [-0.15, -0.1) is 0 Å². The van der Waals surface area contributed by atoms with E-state index in [-0.39, 0.29) is 5.92 Å². The van der Waals surface area contributed by atoms with Crippen LogP contribution in [0.1, 0.15) is 44.9 Å². The Balaban J connectivity index is 1.69. The summed E-state index contributed by atoms with van der Waals surface area (Å²) in [7, 11) is 0. The Kier molecular flexibility index (Phi) is 5.16. The van der Waals surface area contributed by atoms with Gasteiger partial charge in [-0.25, -0.2) is 4.98 Å². The van der Waals surface area contributed by atoms with E-state index in [9.17, 15) is 5.11 Å². The van der Waals surface area contributed by atoms with Crippen molar-refractivity contribution in [1.82, 2.24) is 4.98 Å². The smallest absolute Gasteiger partial charge is 0.213 e. The summed E-state index contributed by atoms with van der Waals surface area (Å²) in [5.74, 6) is 0.872. The highest BCUT2D eigenvalue weighted by Gasteiger charge is 2.32. The van der Waals surface area contributed by atoms with E-state index in [1.54, 1.807) is 6.20 Å². The summed E-state index contributed by atoms with van der Waals surface area (Å²) in [4.78, 5) is 4.09. The number of nitrogens with two attached hydrogens (primary N) is 1. The van der Waals surface area contributed by atoms with Gasteiger partial charge in [0.25, 0.3) is 0 Å². The molecule has 0 aromatic carbocycles. The van der Waals surface area contributed by atoms with Crippen LogP contribution in [0.5, 0.6) is 5.88 Å². The monoisotopic (exact) mass is 264 g/mol. The van der Waals surface area contributed by atoms with Gasteiger partial charge in [-0.1, -0.05) is 25.3 Å². The lowest BCUT2D eigenvalue weighted by molar-refractivity contribution is -0.0382. The second-order valence-electron chi connectivity index (χ2n) is 5.45. The topological polar surface area (TPSA) is 68.4 Å². The first-order valence-electron chi connectivity index (χ1n) is 7.23. The summed E-state index contributed by atoms with van der Waals surface area (Å²) in [6.45, 7) is 0.545. The van der Waals surface area contributed by atoms with Crippen LogP contribution in [0.25, 0.3) is 0 Å². The van der Waals surface area contributed by atoms with Crippen molar-refractivity contribution in [3.8, 4) is 5.88 Å². The second kappa shape index (κ2) is 6.87. The van der Waals surface area contributed by atoms with Crippen LogP contribution < -0.4 is 10.5 Å². The maximum absolute atomic E-state index is 10.3. The number of aliphatic hydroxyl groups is 1. The van der Waals surface area contributed by atoms with Crippen molar-refractivity contribution in [2.45, 2.75) is 50.7 Å². The average Bonchev–Trinajstić information content (AvgIpc) is 2.46. The van der Waals surface area contributed by atoms with Crippen molar-refractivity contribution in [1.29, 1.82) is 0 Å². The first-order valence-corrected chi connectivity index (χ1v) is 7.23. The Labute approximate surface area is 115 Å². The van der Waals surface area contributed by atoms with E-state index in [0.717, 1.165) is 19.3 Å². The van der Waals surface area contributed by atoms with Crippen molar-refractivity contribution in [3.05, 3.63) is 24.4 Å². The molecule has 106 valence electrons. The quantitative estimate of drug-likeness (QED) is 0.612. The van der Waals surface area contributed by atoms with E-state index in [1.165, 1.54) is 19.3 Å². The van der Waals surface area contributed by atoms with Gasteiger partial charge in [0.1, 0.15) is 5.72 Å². The molecule has 3 N–H and O–H groups in total. The van der Waals surface area contributed by atoms with Crippen LogP contribution in [0.3, 0.4) is 0 Å². The Morgan fingerprint density at radius 2 is 2.11 bits per heavy atom. The van der Waals surface area contributed by atoms with Crippen molar-refractivity contribution in [2.24, 2.45) is 11.7 Å². The van der Waals surface area contributed by atoms with Crippen LogP contribution in [0.4, 0.5) is 0 Å². The molecule has 1 aromatic rings. The van der Waals surface area contributed by atoms with Crippen LogP contribution in [0, 0.1) is 5.92 Å². The molecule has 0 bridgehead atoms. The number of aromatic nitrogens is 1. The number of pyridine rings is 1. The summed E-state index contributed by atoms with van der Waals surface area (Å²) >= 11 is 0. The molecule has 0 radical (unpaired) electrons. The van der Waals surface area contributed by atoms with Crippen LogP contribution in [-0.4, -0.2) is 22.4 Å². The lowest BCUT2D eigenvalue weighted by Crippen LogP contribution is -2.48. The predicted octanol–water partition coefficient (Wildman–Crippen LogP) is 2.47. The van der Waals surface area contributed by atoms with E-state index in [4.69, 9.17) is 10.5 Å². The van der Waals surface area contributed by atoms with Crippen LogP contribution >= 0.6 is 0 Å². The maximum atomic E-state index is 10.3. The highest BCUT2D eigenvalue weighted by Crippen LogP contribution is 2.32. The molecule has 0 amide bonds. The van der Waals surface area contributed by atoms with Gasteiger partial charge in [0.2, 0.25) is 5.88 Å². The van der Waals surface area contributed by atoms with E-state index in [1.807, 2.05) is 18.2 Å². The van der Waals surface area contributed by atoms with Gasteiger partial charge >= 0.3 is 0 Å². The molecule has 1 saturated carbocycles. The number of rotatable bonds is 6. The summed E-state index contributed by atoms with van der Waals surface area (Å²) in [5.41, 5.74) is 5.02. The molecular formula is C15H24N2O2. The Morgan fingerprint density at radius 3 is 2.79 bits per heavy atom. The molecule has 1 aromatic heterocycles. The number of hydrogen-bond donors (Lipinski definition) is 2. The molecule has 4 nitrogen and oxygen atoms in total. The lowest BCUT2D eigenvalue weighted by Gasteiger charge is -2.35. The fourth-order valence-corrected chi connectivity index (χ4v) is 2.77. The van der Waals surface area contributed by atoms with Crippen molar-refractivity contribution in [3.63, 3.8) is 0 Å². The van der Waals surface area contributed by atoms with Gasteiger partial charge in [0.15, 0.2) is 0 Å². The van der Waals surface area contributed by atoms with Gasteiger partial charge < -0.3 is 15.6 Å². The van der Waals surface area contributed by atoms with Gasteiger partial charge in [-0.2, -0.15) is 0 Å². The molecular weight excluding hydrogens is 240 g/mol. The normalized spacial score (nSPS) is 19.9. The molecule has 19 heavy (non-hydrogen) atoms. The highest BCUT2D eigenvalue weighted by atomic mass is 16.5. The minimum absolute atomic E-state index is 0.246. The Bertz CT molecular complexity index is 362. The first-order chi connectivity index (χ1) is 9.18. The number of hydrogen-bond acceptors (Lipinski definition) is 4. The average molecular weight is 264 g/mol. The zero-order valence-corrected chi connectivity index (χ0v) is 11.4. The SMILES string of the molecule is NC(O)(CCCOc1ccccn1)C1CCCCC1. The van der Waals surface area contributed by atoms with Crippen molar-refractivity contribution in [2.75, 3.05) is 6.61 Å². The fraction of sp³-hybridized carbons (Fsp3) is 0.667. The molecule has 4 heteroatoms. The van der Waals surface area contributed by atoms with Crippen LogP contribution in [-0.2, 0) is 0 Å². The number of ether oxygens (including phenoxy) is 1. The molecule has 1 fully saturated rings. The highest BCUT2D eigenvalue weighted by molar-refractivity contribution is 5.08. The third-order valence-electron chi connectivity index (χ3n) is 3.92. The molecule has 1 aliphatic carbocycles. The molecule has 1 heterocycles. The second-order valence-corrected chi connectivity index (χ2v) is 5.45. The van der Waals surface area contributed by atoms with E-state index < -0.39 is 5.72 Å². The van der Waals surface area contributed by atoms with E-state index in [0.29, 0.717) is 18.9 Å². The standard InChI is InChI=1S/C15H24N2O2/c16-15(18,13-7-2-1-3-8-13)10-6-12-19-14-9-4-5-11-17-14/h4-5,9,11,13,18H,1-3,6-8,10,12,16H2. The molecule has 1 atom stereocenters. The molecule has 0 aliphatic heterocycles. The maximum Gasteiger partial charge on any atom is 0.213 e. The summed E-state index contributed by atoms with van der Waals surface area (Å²) in [5, 5.41) is 10.3. The Morgan fingerprint density at radius 1 is 1.32 bits per heavy atom. The summed E-state index contributed by atoms with van der Waals surface area (Å²) in [6.07, 6.45) is 8.79. The summed E-state index contributed by atoms with van der Waals surface area (Å²) < 4.78 is 5.51. The third-order valence-corrected chi connectivity index (χ3v) is 3.92. The first kappa shape index (κ1) is 14.3. The van der Waals surface area contributed by atoms with Gasteiger partial charge in [-0.3, -0.25) is 0 Å². The van der Waals surface area contributed by atoms with Crippen molar-refractivity contribution >= 4 is 0 Å². The zero-order chi connectivity index (χ0) is 13.6. The molecule has 1 unspecified atom stereocenters. The van der Waals surface area contributed by atoms with Gasteiger partial charge in [-0.05, 0) is 31.7 Å². The number of nitrogens with zero attached hydrogens (tertiary/aromatic N) is 1. The zero-order valence-electron chi connectivity index (χ0n) is 11.4. The lowest BCUT2D eigenvalue weighted by atomic mass is 9.80. The van der Waals surface area contributed by atoms with Crippen LogP contribution in [0.15, 0.2) is 24.4 Å². The molecule has 2 rings (SSSR count). The van der Waals surface area contributed by atoms with Gasteiger partial charge in [0.05, 0.1) is 6.61 Å². The molecule has 1 aliphatic rings. The largest absolute Gasteiger partial charge is 0.478 e. The van der Waals surface area contributed by atoms with E-state index in [2.05, 4.69) is 4.98 Å². The fourth-order valence-electron chi connectivity index (χ4n) is 2.77. The predicted molar refractivity (Wildman–Crippen MR) is 74.7 cm³/mol. The third kappa shape index (κ3) is 4.48. The minimum atomic E-state index is -1.03. The molecule has 0 saturated heterocycles. The Hall–Kier alpha value is -1.13. The van der Waals surface area contributed by atoms with Crippen molar-refractivity contribution < 1.29 is 9.84 Å². The van der Waals surface area contributed by atoms with E-state index >= 15 is 0 Å². The van der Waals surface area contributed by atoms with Crippen LogP contribution in [0.2, 0.25) is 0 Å². The minimum Gasteiger partial charge on any atom is -0.478 e. The molecule has 0 spiro atoms. The van der Waals surface area contributed by atoms with Gasteiger partial charge in [0, 0.05) is 18.2 Å². The summed E-state index contributed by atoms with van der Waals surface area (Å²) in [6, 6.07) is 5.58.